The average Bonchev–Trinajstić information content (AvgIpc) is 1.52. The van der Waals surface area contributed by atoms with Gasteiger partial charge in [0.2, 0.25) is 0 Å². The highest BCUT2D eigenvalue weighted by Gasteiger charge is 2.33. The van der Waals surface area contributed by atoms with Crippen molar-refractivity contribution in [3.8, 4) is 78.9 Å². The van der Waals surface area contributed by atoms with E-state index < -0.39 is 0 Å². The van der Waals surface area contributed by atoms with Gasteiger partial charge in [0.1, 0.15) is 0 Å². The number of benzene rings is 8. The van der Waals surface area contributed by atoms with E-state index in [1.807, 2.05) is 36.4 Å². The lowest BCUT2D eigenvalue weighted by molar-refractivity contribution is 0.568. The predicted octanol–water partition coefficient (Wildman–Crippen LogP) is 29.7. The molecule has 0 fully saturated rings. The maximum absolute atomic E-state index is 10.7. The van der Waals surface area contributed by atoms with Gasteiger partial charge in [-0.1, -0.05) is 263 Å². The number of H-pyrrole nitrogens is 4. The molecule has 0 saturated heterocycles. The van der Waals surface area contributed by atoms with Gasteiger partial charge in [0.25, 0.3) is 0 Å². The van der Waals surface area contributed by atoms with Crippen LogP contribution in [0.25, 0.3) is 190 Å². The minimum Gasteiger partial charge on any atom is -0.354 e. The van der Waals surface area contributed by atoms with Gasteiger partial charge in [-0.25, -0.2) is 19.9 Å². The third-order valence-corrected chi connectivity index (χ3v) is 25.2. The summed E-state index contributed by atoms with van der Waals surface area (Å²) >= 11 is 0. The third kappa shape index (κ3) is 13.6. The van der Waals surface area contributed by atoms with Crippen molar-refractivity contribution >= 4 is 123 Å². The van der Waals surface area contributed by atoms with E-state index in [0.717, 1.165) is 188 Å². The molecule has 0 saturated carbocycles. The zero-order valence-electron chi connectivity index (χ0n) is 74.2. The maximum atomic E-state index is 10.7. The number of nitriles is 2. The van der Waals surface area contributed by atoms with Gasteiger partial charge < -0.3 is 19.9 Å². The number of rotatable bonds is 6. The van der Waals surface area contributed by atoms with Crippen LogP contribution in [0.5, 0.6) is 0 Å². The quantitative estimate of drug-likeness (QED) is 0.130. The van der Waals surface area contributed by atoms with Gasteiger partial charge in [-0.3, -0.25) is 0 Å². The van der Waals surface area contributed by atoms with Crippen molar-refractivity contribution in [3.63, 3.8) is 0 Å². The highest BCUT2D eigenvalue weighted by atomic mass is 14.8. The van der Waals surface area contributed by atoms with E-state index in [2.05, 4.69) is 356 Å². The van der Waals surface area contributed by atoms with Crippen LogP contribution in [0.4, 0.5) is 0 Å². The highest BCUT2D eigenvalue weighted by Crippen LogP contribution is 2.52. The Morgan fingerprint density at radius 2 is 0.500 bits per heavy atom. The smallest absolute Gasteiger partial charge is 0.0991 e. The van der Waals surface area contributed by atoms with Crippen molar-refractivity contribution in [1.82, 2.24) is 39.9 Å². The van der Waals surface area contributed by atoms with Crippen LogP contribution < -0.4 is 0 Å². The number of nitrogens with zero attached hydrogens (tertiary/aromatic N) is 6. The largest absolute Gasteiger partial charge is 0.354 e. The standard InChI is InChI=1S/C110H108N10/c1-103(2,3)67-41-63(42-68(49-67)104(4,5)6)93-83-35-31-79(113-83)91(61-29-25-27-59(39-61)57-111)80-32-36-84(114-80)95(65-45-71(107(13,14)15)51-72(46-65)108(16,17)18)89-55-77-78-56-90-96(66-47-73(109(19,20)21)52-74(48-66)110(22,23)24)86-38-34-82(116-86)92(62-30-26-28-60(40-62)58-112)81-33-37-85(115-81)94(64-43-69(105(7,8)9)50-70(44-64)106(10,11)12)88-54-76-75-53-87(93)117-99(75)97(101(77)119-89)98(100(76)118-88)102(78)120-90/h25-56,113,116,118-119H,1-24H3. The van der Waals surface area contributed by atoms with Crippen LogP contribution in [0, 0.1) is 22.7 Å². The number of aromatic amines is 4. The molecule has 4 N–H and O–H groups in total. The summed E-state index contributed by atoms with van der Waals surface area (Å²) in [6, 6.07) is 67.9. The van der Waals surface area contributed by atoms with Gasteiger partial charge in [0, 0.05) is 98.8 Å². The summed E-state index contributed by atoms with van der Waals surface area (Å²) in [6.45, 7) is 55.4. The second-order valence-electron chi connectivity index (χ2n) is 42.3. The van der Waals surface area contributed by atoms with Crippen LogP contribution in [0.1, 0.15) is 245 Å². The first-order chi connectivity index (χ1) is 56.3. The van der Waals surface area contributed by atoms with E-state index in [-0.39, 0.29) is 43.3 Å². The van der Waals surface area contributed by atoms with Crippen LogP contribution in [-0.4, -0.2) is 39.9 Å². The molecule has 16 bridgehead atoms. The first-order valence-corrected chi connectivity index (χ1v) is 42.5. The summed E-state index contributed by atoms with van der Waals surface area (Å²) < 4.78 is 0. The Balaban J connectivity index is 1.16. The molecule has 10 heteroatoms. The summed E-state index contributed by atoms with van der Waals surface area (Å²) in [5.74, 6) is 0. The molecule has 8 aromatic carbocycles. The van der Waals surface area contributed by atoms with Gasteiger partial charge in [-0.15, -0.1) is 0 Å². The minimum absolute atomic E-state index is 0.235. The second kappa shape index (κ2) is 27.0. The molecule has 16 aromatic rings. The topological polar surface area (TPSA) is 162 Å². The lowest BCUT2D eigenvalue weighted by Gasteiger charge is -2.26. The molecule has 0 spiro atoms. The fraction of sp³-hybridized carbons (Fsp3) is 0.291. The van der Waals surface area contributed by atoms with Crippen LogP contribution in [-0.2, 0) is 43.3 Å². The molecule has 10 heterocycles. The SMILES string of the molecule is CC(C)(C)c1cc(-c2c3nc(c(-c4cccc(C#N)c4)c4ccc([nH]4)c(-c4cc(C(C)(C)C)cc(C(C)(C)C)c4)c4cc5c6cc7[nH]c6c6c8nc(cc8c8cc2[nH]c8c6c5n4)c(-c2cc(C(C)(C)C)cc(C(C)(C)C)c2)c2ccc([nH]2)c(-c2cccc(C#N)c2)c2nc(c7-c4cc(C(C)(C)C)cc(C(C)(C)C)c4)C=C2)C=C3)cc(C(C)(C)C)c1. The maximum Gasteiger partial charge on any atom is 0.0991 e. The van der Waals surface area contributed by atoms with Crippen molar-refractivity contribution < 1.29 is 0 Å². The third-order valence-electron chi connectivity index (χ3n) is 25.2. The molecular formula is C110H108N10. The molecule has 0 atom stereocenters. The van der Waals surface area contributed by atoms with Gasteiger partial charge in [0.05, 0.1) is 79.1 Å². The summed E-state index contributed by atoms with van der Waals surface area (Å²) in [5.41, 5.74) is 33.6. The summed E-state index contributed by atoms with van der Waals surface area (Å²) in [7, 11) is 0. The fourth-order valence-corrected chi connectivity index (χ4v) is 17.9. The first-order valence-electron chi connectivity index (χ1n) is 42.5. The number of hydrogen-bond acceptors (Lipinski definition) is 6. The molecule has 2 aliphatic heterocycles. The Morgan fingerprint density at radius 3 is 0.767 bits per heavy atom. The van der Waals surface area contributed by atoms with E-state index in [1.54, 1.807) is 0 Å². The average molecular weight is 1570 g/mol. The molecule has 0 unspecified atom stereocenters. The molecule has 598 valence electrons. The molecule has 0 aliphatic carbocycles. The molecule has 18 rings (SSSR count). The molecule has 8 aromatic heterocycles. The monoisotopic (exact) mass is 1570 g/mol. The lowest BCUT2D eigenvalue weighted by atomic mass is 9.78. The summed E-state index contributed by atoms with van der Waals surface area (Å²) in [6.07, 6.45) is 8.72. The molecule has 0 radical (unpaired) electrons. The number of fused-ring (bicyclic) bond motifs is 14. The van der Waals surface area contributed by atoms with E-state index >= 15 is 0 Å². The molecule has 2 aliphatic rings. The van der Waals surface area contributed by atoms with Gasteiger partial charge in [-0.2, -0.15) is 10.5 Å². The number of nitrogens with one attached hydrogen (secondary N) is 4. The predicted molar refractivity (Wildman–Crippen MR) is 509 cm³/mol. The Labute approximate surface area is 705 Å². The van der Waals surface area contributed by atoms with Crippen LogP contribution in [0.2, 0.25) is 0 Å². The zero-order valence-corrected chi connectivity index (χ0v) is 74.2. The summed E-state index contributed by atoms with van der Waals surface area (Å²) in [5, 5.41) is 27.2. The molecule has 0 amide bonds. The van der Waals surface area contributed by atoms with Crippen LogP contribution in [0.3, 0.4) is 0 Å². The van der Waals surface area contributed by atoms with Crippen LogP contribution >= 0.6 is 0 Å². The van der Waals surface area contributed by atoms with Crippen molar-refractivity contribution in [2.24, 2.45) is 0 Å². The highest BCUT2D eigenvalue weighted by molar-refractivity contribution is 6.39. The fourth-order valence-electron chi connectivity index (χ4n) is 17.9. The minimum atomic E-state index is -0.236. The Bertz CT molecular complexity index is 6850. The van der Waals surface area contributed by atoms with Crippen molar-refractivity contribution in [3.05, 3.63) is 248 Å². The normalized spacial score (nSPS) is 13.4. The van der Waals surface area contributed by atoms with Gasteiger partial charge in [-0.05, 0) is 218 Å². The number of aromatic nitrogens is 8. The van der Waals surface area contributed by atoms with E-state index in [1.165, 1.54) is 44.5 Å². The van der Waals surface area contributed by atoms with Gasteiger partial charge in [0.15, 0.2) is 0 Å². The van der Waals surface area contributed by atoms with Crippen molar-refractivity contribution in [2.45, 2.75) is 209 Å². The summed E-state index contributed by atoms with van der Waals surface area (Å²) in [4.78, 5) is 41.5. The Morgan fingerprint density at radius 1 is 0.242 bits per heavy atom. The van der Waals surface area contributed by atoms with Crippen molar-refractivity contribution in [2.75, 3.05) is 0 Å². The number of hydrogen-bond donors (Lipinski definition) is 4. The van der Waals surface area contributed by atoms with Crippen molar-refractivity contribution in [1.29, 1.82) is 10.5 Å². The molecular weight excluding hydrogens is 1460 g/mol. The molecule has 10 nitrogen and oxygen atoms in total. The van der Waals surface area contributed by atoms with E-state index in [0.29, 0.717) is 11.1 Å². The van der Waals surface area contributed by atoms with Gasteiger partial charge >= 0.3 is 0 Å². The second-order valence-corrected chi connectivity index (χ2v) is 42.3. The Kier molecular flexibility index (Phi) is 17.7. The molecule has 120 heavy (non-hydrogen) atoms. The Hall–Kier alpha value is -12.5. The van der Waals surface area contributed by atoms with Crippen LogP contribution in [0.15, 0.2) is 170 Å². The first kappa shape index (κ1) is 78.7. The lowest BCUT2D eigenvalue weighted by Crippen LogP contribution is -2.16. The van der Waals surface area contributed by atoms with E-state index in [9.17, 15) is 10.5 Å². The zero-order chi connectivity index (χ0) is 85.1. The van der Waals surface area contributed by atoms with E-state index in [4.69, 9.17) is 19.9 Å².